The van der Waals surface area contributed by atoms with E-state index in [-0.39, 0.29) is 0 Å². The highest BCUT2D eigenvalue weighted by atomic mass is 16.3. The fraction of sp³-hybridized carbons (Fsp3) is 0.154. The summed E-state index contributed by atoms with van der Waals surface area (Å²) in [6.07, 6.45) is 7.06. The molecule has 15 heavy (non-hydrogen) atoms. The summed E-state index contributed by atoms with van der Waals surface area (Å²) in [4.78, 5) is 0. The molecule has 2 heteroatoms. The quantitative estimate of drug-likeness (QED) is 0.534. The normalized spacial score (nSPS) is 9.87. The van der Waals surface area contributed by atoms with Crippen molar-refractivity contribution >= 4 is 0 Å². The van der Waals surface area contributed by atoms with Gasteiger partial charge in [-0.05, 0) is 18.1 Å². The number of hydrogen-bond donors (Lipinski definition) is 0. The highest BCUT2D eigenvalue weighted by Gasteiger charge is 2.18. The van der Waals surface area contributed by atoms with E-state index in [1.807, 2.05) is 41.8 Å². The summed E-state index contributed by atoms with van der Waals surface area (Å²) in [5, 5.41) is 0. The summed E-state index contributed by atoms with van der Waals surface area (Å²) in [6.45, 7) is 2.44. The Morgan fingerprint density at radius 2 is 2.07 bits per heavy atom. The van der Waals surface area contributed by atoms with Gasteiger partial charge in [-0.3, -0.25) is 0 Å². The Morgan fingerprint density at radius 3 is 2.73 bits per heavy atom. The van der Waals surface area contributed by atoms with E-state index in [0.29, 0.717) is 6.54 Å². The molecule has 0 radical (unpaired) electrons. The van der Waals surface area contributed by atoms with Crippen molar-refractivity contribution in [1.82, 2.24) is 0 Å². The van der Waals surface area contributed by atoms with Crippen LogP contribution in [0.4, 0.5) is 0 Å². The Labute approximate surface area is 89.2 Å². The van der Waals surface area contributed by atoms with Gasteiger partial charge in [0.2, 0.25) is 6.54 Å². The van der Waals surface area contributed by atoms with Crippen molar-refractivity contribution in [3.63, 3.8) is 0 Å². The number of aromatic nitrogens is 1. The van der Waals surface area contributed by atoms with Gasteiger partial charge in [0, 0.05) is 5.56 Å². The minimum Gasteiger partial charge on any atom is -0.410 e. The number of oxazole rings is 1. The van der Waals surface area contributed by atoms with E-state index in [1.54, 1.807) is 6.26 Å². The second-order valence-corrected chi connectivity index (χ2v) is 3.30. The standard InChI is InChI=1S/C13H12NO/c1-3-9-14-11(2)15-10-13(14)12-7-5-4-6-8-12/h1,4-8,10H,9H2,2H3/q+1. The van der Waals surface area contributed by atoms with Crippen LogP contribution in [0.25, 0.3) is 11.3 Å². The van der Waals surface area contributed by atoms with Crippen LogP contribution in [0, 0.1) is 19.3 Å². The third kappa shape index (κ3) is 1.77. The molecule has 0 atom stereocenters. The first-order valence-corrected chi connectivity index (χ1v) is 4.79. The van der Waals surface area contributed by atoms with E-state index in [9.17, 15) is 0 Å². The summed E-state index contributed by atoms with van der Waals surface area (Å²) in [5.74, 6) is 3.45. The molecule has 0 N–H and O–H groups in total. The lowest BCUT2D eigenvalue weighted by atomic mass is 10.2. The molecule has 2 aromatic rings. The van der Waals surface area contributed by atoms with E-state index in [1.165, 1.54) is 0 Å². The van der Waals surface area contributed by atoms with Crippen molar-refractivity contribution in [2.24, 2.45) is 0 Å². The molecule has 0 saturated carbocycles. The van der Waals surface area contributed by atoms with E-state index in [0.717, 1.165) is 17.1 Å². The van der Waals surface area contributed by atoms with Crippen LogP contribution in [0.15, 0.2) is 41.0 Å². The van der Waals surface area contributed by atoms with Crippen LogP contribution in [0.5, 0.6) is 0 Å². The van der Waals surface area contributed by atoms with E-state index in [2.05, 4.69) is 5.92 Å². The maximum absolute atomic E-state index is 5.37. The molecule has 0 aliphatic rings. The molecule has 0 saturated heterocycles. The Hall–Kier alpha value is -2.01. The number of hydrogen-bond acceptors (Lipinski definition) is 1. The van der Waals surface area contributed by atoms with Gasteiger partial charge in [0.1, 0.15) is 0 Å². The van der Waals surface area contributed by atoms with Gasteiger partial charge in [0.15, 0.2) is 6.26 Å². The number of aryl methyl sites for hydroxylation is 1. The molecule has 2 rings (SSSR count). The van der Waals surface area contributed by atoms with Crippen LogP contribution in [-0.2, 0) is 6.54 Å². The first-order valence-electron chi connectivity index (χ1n) is 4.79. The number of nitrogens with zero attached hydrogens (tertiary/aromatic N) is 1. The molecule has 1 heterocycles. The molecule has 1 aromatic carbocycles. The Bertz CT molecular complexity index is 491. The first kappa shape index (κ1) is 9.54. The zero-order chi connectivity index (χ0) is 10.7. The van der Waals surface area contributed by atoms with Gasteiger partial charge < -0.3 is 4.42 Å². The summed E-state index contributed by atoms with van der Waals surface area (Å²) in [7, 11) is 0. The second kappa shape index (κ2) is 4.02. The van der Waals surface area contributed by atoms with Crippen LogP contribution < -0.4 is 4.57 Å². The molecule has 0 amide bonds. The van der Waals surface area contributed by atoms with Crippen LogP contribution in [0.1, 0.15) is 5.89 Å². The fourth-order valence-corrected chi connectivity index (χ4v) is 1.56. The van der Waals surface area contributed by atoms with Gasteiger partial charge in [-0.2, -0.15) is 0 Å². The predicted octanol–water partition coefficient (Wildman–Crippen LogP) is 2.18. The van der Waals surface area contributed by atoms with Crippen molar-refractivity contribution in [2.45, 2.75) is 13.5 Å². The molecule has 0 aliphatic heterocycles. The molecule has 0 spiro atoms. The lowest BCUT2D eigenvalue weighted by Gasteiger charge is -1.94. The average Bonchev–Trinajstić information content (AvgIpc) is 2.63. The largest absolute Gasteiger partial charge is 0.410 e. The van der Waals surface area contributed by atoms with Crippen LogP contribution in [0.3, 0.4) is 0 Å². The minimum absolute atomic E-state index is 0.534. The summed E-state index contributed by atoms with van der Waals surface area (Å²) in [6, 6.07) is 10.1. The summed E-state index contributed by atoms with van der Waals surface area (Å²) in [5.41, 5.74) is 2.13. The zero-order valence-electron chi connectivity index (χ0n) is 8.60. The molecule has 0 fully saturated rings. The summed E-state index contributed by atoms with van der Waals surface area (Å²) < 4.78 is 7.35. The van der Waals surface area contributed by atoms with Crippen molar-refractivity contribution in [3.8, 4) is 23.6 Å². The molecule has 0 unspecified atom stereocenters. The highest BCUT2D eigenvalue weighted by Crippen LogP contribution is 2.15. The van der Waals surface area contributed by atoms with Gasteiger partial charge in [-0.1, -0.05) is 18.2 Å². The van der Waals surface area contributed by atoms with Crippen LogP contribution in [0.2, 0.25) is 0 Å². The second-order valence-electron chi connectivity index (χ2n) is 3.30. The zero-order valence-corrected chi connectivity index (χ0v) is 8.60. The maximum Gasteiger partial charge on any atom is 0.345 e. The first-order chi connectivity index (χ1) is 7.33. The molecular weight excluding hydrogens is 186 g/mol. The summed E-state index contributed by atoms with van der Waals surface area (Å²) >= 11 is 0. The van der Waals surface area contributed by atoms with Gasteiger partial charge in [-0.25, -0.2) is 0 Å². The van der Waals surface area contributed by atoms with Crippen LogP contribution in [-0.4, -0.2) is 0 Å². The molecule has 74 valence electrons. The smallest absolute Gasteiger partial charge is 0.345 e. The van der Waals surface area contributed by atoms with Gasteiger partial charge in [-0.15, -0.1) is 11.0 Å². The fourth-order valence-electron chi connectivity index (χ4n) is 1.56. The van der Waals surface area contributed by atoms with Crippen molar-refractivity contribution in [3.05, 3.63) is 42.5 Å². The van der Waals surface area contributed by atoms with Crippen molar-refractivity contribution in [1.29, 1.82) is 0 Å². The molecular formula is C13H12NO+. The number of rotatable bonds is 2. The SMILES string of the molecule is C#CC[n+]1c(-c2ccccc2)coc1C. The van der Waals surface area contributed by atoms with Crippen molar-refractivity contribution < 1.29 is 8.98 Å². The van der Waals surface area contributed by atoms with E-state index >= 15 is 0 Å². The molecule has 0 bridgehead atoms. The average molecular weight is 198 g/mol. The Balaban J connectivity index is 2.50. The highest BCUT2D eigenvalue weighted by molar-refractivity contribution is 5.54. The molecule has 2 nitrogen and oxygen atoms in total. The lowest BCUT2D eigenvalue weighted by molar-refractivity contribution is -0.683. The van der Waals surface area contributed by atoms with Crippen molar-refractivity contribution in [2.75, 3.05) is 0 Å². The van der Waals surface area contributed by atoms with Gasteiger partial charge >= 0.3 is 5.89 Å². The minimum atomic E-state index is 0.534. The maximum atomic E-state index is 5.37. The number of benzene rings is 1. The lowest BCUT2D eigenvalue weighted by Crippen LogP contribution is -2.36. The van der Waals surface area contributed by atoms with E-state index in [4.69, 9.17) is 10.8 Å². The monoisotopic (exact) mass is 198 g/mol. The van der Waals surface area contributed by atoms with Crippen LogP contribution >= 0.6 is 0 Å². The Morgan fingerprint density at radius 1 is 1.33 bits per heavy atom. The third-order valence-electron chi connectivity index (χ3n) is 2.33. The van der Waals surface area contributed by atoms with E-state index < -0.39 is 0 Å². The van der Waals surface area contributed by atoms with Gasteiger partial charge in [0.05, 0.1) is 6.92 Å². The topological polar surface area (TPSA) is 17.0 Å². The molecule has 1 aromatic heterocycles. The number of terminal acetylenes is 1. The predicted molar refractivity (Wildman–Crippen MR) is 57.9 cm³/mol. The molecule has 0 aliphatic carbocycles. The third-order valence-corrected chi connectivity index (χ3v) is 2.33. The van der Waals surface area contributed by atoms with Gasteiger partial charge in [0.25, 0.3) is 5.69 Å². The Kier molecular flexibility index (Phi) is 2.55.